The first-order valence-electron chi connectivity index (χ1n) is 7.42. The number of hydrogen-bond acceptors (Lipinski definition) is 4. The van der Waals surface area contributed by atoms with Crippen LogP contribution in [0, 0.1) is 0 Å². The minimum absolute atomic E-state index is 0.388. The highest BCUT2D eigenvalue weighted by Gasteiger charge is 2.34. The molecule has 2 N–H and O–H groups in total. The molecule has 0 aliphatic carbocycles. The number of rotatable bonds is 2. The topological polar surface area (TPSA) is 45.4 Å². The smallest absolute Gasteiger partial charge is 0.124 e. The number of anilines is 1. The molecular formula is C15H22N4S. The Kier molecular flexibility index (Phi) is 3.89. The molecule has 108 valence electrons. The molecule has 20 heavy (non-hydrogen) atoms. The van der Waals surface area contributed by atoms with Gasteiger partial charge in [0, 0.05) is 31.4 Å². The van der Waals surface area contributed by atoms with Crippen molar-refractivity contribution in [1.82, 2.24) is 9.88 Å². The fraction of sp³-hybridized carbons (Fsp3) is 0.600. The van der Waals surface area contributed by atoms with Crippen molar-refractivity contribution in [3.63, 3.8) is 0 Å². The van der Waals surface area contributed by atoms with E-state index in [1.54, 1.807) is 6.20 Å². The van der Waals surface area contributed by atoms with Gasteiger partial charge in [-0.25, -0.2) is 0 Å². The first-order chi connectivity index (χ1) is 9.66. The van der Waals surface area contributed by atoms with E-state index in [0.29, 0.717) is 17.1 Å². The van der Waals surface area contributed by atoms with E-state index < -0.39 is 0 Å². The van der Waals surface area contributed by atoms with Crippen molar-refractivity contribution < 1.29 is 0 Å². The van der Waals surface area contributed by atoms with Crippen LogP contribution in [0.3, 0.4) is 0 Å². The summed E-state index contributed by atoms with van der Waals surface area (Å²) in [6, 6.07) is 5.20. The average Bonchev–Trinajstić information content (AvgIpc) is 2.46. The van der Waals surface area contributed by atoms with Gasteiger partial charge in [-0.15, -0.1) is 0 Å². The summed E-state index contributed by atoms with van der Waals surface area (Å²) in [5, 5.41) is 0. The van der Waals surface area contributed by atoms with Crippen molar-refractivity contribution in [3.8, 4) is 0 Å². The predicted molar refractivity (Wildman–Crippen MR) is 86.1 cm³/mol. The van der Waals surface area contributed by atoms with E-state index in [4.69, 9.17) is 18.0 Å². The third-order valence-electron chi connectivity index (χ3n) is 4.52. The predicted octanol–water partition coefficient (Wildman–Crippen LogP) is 1.78. The summed E-state index contributed by atoms with van der Waals surface area (Å²) in [6.07, 6.45) is 5.75. The fourth-order valence-corrected chi connectivity index (χ4v) is 3.66. The van der Waals surface area contributed by atoms with Gasteiger partial charge >= 0.3 is 0 Å². The molecule has 5 heteroatoms. The maximum Gasteiger partial charge on any atom is 0.124 e. The molecule has 0 saturated carbocycles. The molecule has 0 spiro atoms. The van der Waals surface area contributed by atoms with Crippen molar-refractivity contribution in [2.45, 2.75) is 38.3 Å². The molecule has 0 radical (unpaired) electrons. The van der Waals surface area contributed by atoms with Gasteiger partial charge in [-0.3, -0.25) is 9.88 Å². The van der Waals surface area contributed by atoms with Gasteiger partial charge in [0.05, 0.1) is 5.69 Å². The number of thiocarbonyl (C=S) groups is 1. The Morgan fingerprint density at radius 1 is 1.40 bits per heavy atom. The average molecular weight is 290 g/mol. The van der Waals surface area contributed by atoms with E-state index in [2.05, 4.69) is 27.8 Å². The second-order valence-corrected chi connectivity index (χ2v) is 6.32. The number of piperazine rings is 1. The Labute approximate surface area is 126 Å². The molecule has 1 aromatic rings. The van der Waals surface area contributed by atoms with Gasteiger partial charge in [-0.05, 0) is 38.4 Å². The summed E-state index contributed by atoms with van der Waals surface area (Å²) in [5.74, 6) is 0. The molecule has 0 aromatic carbocycles. The molecule has 0 bridgehead atoms. The third kappa shape index (κ3) is 2.52. The quantitative estimate of drug-likeness (QED) is 0.841. The number of aromatic nitrogens is 1. The highest BCUT2D eigenvalue weighted by Crippen LogP contribution is 2.29. The van der Waals surface area contributed by atoms with Crippen LogP contribution >= 0.6 is 12.2 Å². The summed E-state index contributed by atoms with van der Waals surface area (Å²) in [4.78, 5) is 9.84. The lowest BCUT2D eigenvalue weighted by Crippen LogP contribution is -2.59. The van der Waals surface area contributed by atoms with Crippen molar-refractivity contribution in [1.29, 1.82) is 0 Å². The second-order valence-electron chi connectivity index (χ2n) is 5.88. The first kappa shape index (κ1) is 13.8. The number of fused-ring (bicyclic) bond motifs is 1. The normalized spacial score (nSPS) is 27.1. The Morgan fingerprint density at radius 2 is 2.25 bits per heavy atom. The van der Waals surface area contributed by atoms with Crippen LogP contribution in [0.25, 0.3) is 0 Å². The van der Waals surface area contributed by atoms with E-state index >= 15 is 0 Å². The minimum Gasteiger partial charge on any atom is -0.388 e. The lowest BCUT2D eigenvalue weighted by molar-refractivity contribution is 0.115. The lowest BCUT2D eigenvalue weighted by Gasteiger charge is -2.48. The van der Waals surface area contributed by atoms with Gasteiger partial charge in [-0.1, -0.05) is 18.6 Å². The third-order valence-corrected chi connectivity index (χ3v) is 4.71. The van der Waals surface area contributed by atoms with E-state index in [1.165, 1.54) is 25.8 Å². The van der Waals surface area contributed by atoms with Crippen LogP contribution in [0.15, 0.2) is 18.3 Å². The monoisotopic (exact) mass is 290 g/mol. The van der Waals surface area contributed by atoms with Crippen LogP contribution in [0.4, 0.5) is 5.69 Å². The van der Waals surface area contributed by atoms with Crippen LogP contribution in [0.2, 0.25) is 0 Å². The Bertz CT molecular complexity index is 504. The zero-order valence-corrected chi connectivity index (χ0v) is 12.8. The molecular weight excluding hydrogens is 268 g/mol. The summed E-state index contributed by atoms with van der Waals surface area (Å²) >= 11 is 5.15. The van der Waals surface area contributed by atoms with Crippen LogP contribution in [0.5, 0.6) is 0 Å². The standard InChI is InChI=1S/C15H22N4S/c1-11-9-18-8-3-2-5-12(18)10-19(11)13-6-4-7-17-14(13)15(16)20/h4,6-7,11-12H,2-3,5,8-10H2,1H3,(H2,16,20). The molecule has 2 fully saturated rings. The Morgan fingerprint density at radius 3 is 3.05 bits per heavy atom. The summed E-state index contributed by atoms with van der Waals surface area (Å²) < 4.78 is 0. The van der Waals surface area contributed by atoms with Crippen molar-refractivity contribution in [3.05, 3.63) is 24.0 Å². The zero-order valence-electron chi connectivity index (χ0n) is 12.0. The van der Waals surface area contributed by atoms with Crippen molar-refractivity contribution in [2.75, 3.05) is 24.5 Å². The van der Waals surface area contributed by atoms with Gasteiger partial charge in [0.15, 0.2) is 0 Å². The molecule has 2 aliphatic rings. The molecule has 0 amide bonds. The summed E-state index contributed by atoms with van der Waals surface area (Å²) in [6.45, 7) is 5.71. The molecule has 4 nitrogen and oxygen atoms in total. The molecule has 3 rings (SSSR count). The highest BCUT2D eigenvalue weighted by atomic mass is 32.1. The van der Waals surface area contributed by atoms with E-state index in [9.17, 15) is 0 Å². The summed E-state index contributed by atoms with van der Waals surface area (Å²) in [7, 11) is 0. The molecule has 2 atom stereocenters. The Balaban J connectivity index is 1.88. The first-order valence-corrected chi connectivity index (χ1v) is 7.83. The van der Waals surface area contributed by atoms with Crippen molar-refractivity contribution in [2.24, 2.45) is 5.73 Å². The van der Waals surface area contributed by atoms with Gasteiger partial charge in [0.2, 0.25) is 0 Å². The van der Waals surface area contributed by atoms with Crippen molar-refractivity contribution >= 4 is 22.9 Å². The van der Waals surface area contributed by atoms with E-state index in [0.717, 1.165) is 24.5 Å². The van der Waals surface area contributed by atoms with E-state index in [-0.39, 0.29) is 0 Å². The number of nitrogens with two attached hydrogens (primary N) is 1. The minimum atomic E-state index is 0.388. The van der Waals surface area contributed by atoms with E-state index in [1.807, 2.05) is 6.07 Å². The van der Waals surface area contributed by atoms with Gasteiger partial charge in [-0.2, -0.15) is 0 Å². The molecule has 2 saturated heterocycles. The van der Waals surface area contributed by atoms with Crippen LogP contribution in [-0.2, 0) is 0 Å². The maximum absolute atomic E-state index is 5.83. The maximum atomic E-state index is 5.83. The number of hydrogen-bond donors (Lipinski definition) is 1. The fourth-order valence-electron chi connectivity index (χ4n) is 3.51. The SMILES string of the molecule is CC1CN2CCCCC2CN1c1cccnc1C(N)=S. The number of nitrogens with zero attached hydrogens (tertiary/aromatic N) is 3. The highest BCUT2D eigenvalue weighted by molar-refractivity contribution is 7.80. The van der Waals surface area contributed by atoms with Crippen LogP contribution in [0.1, 0.15) is 31.9 Å². The van der Waals surface area contributed by atoms with Crippen LogP contribution < -0.4 is 10.6 Å². The Hall–Kier alpha value is -1.20. The molecule has 2 unspecified atom stereocenters. The second kappa shape index (κ2) is 5.66. The number of pyridine rings is 1. The van der Waals surface area contributed by atoms with Gasteiger partial charge in [0.1, 0.15) is 10.7 Å². The molecule has 3 heterocycles. The van der Waals surface area contributed by atoms with Crippen LogP contribution in [-0.4, -0.2) is 46.6 Å². The number of piperidine rings is 1. The van der Waals surface area contributed by atoms with Gasteiger partial charge in [0.25, 0.3) is 0 Å². The summed E-state index contributed by atoms with van der Waals surface area (Å²) in [5.41, 5.74) is 7.69. The van der Waals surface area contributed by atoms with Gasteiger partial charge < -0.3 is 10.6 Å². The lowest BCUT2D eigenvalue weighted by atomic mass is 9.96. The largest absolute Gasteiger partial charge is 0.388 e. The molecule has 1 aromatic heterocycles. The zero-order chi connectivity index (χ0) is 14.1. The molecule has 2 aliphatic heterocycles.